The van der Waals surface area contributed by atoms with Gasteiger partial charge >= 0.3 is 0 Å². The lowest BCUT2D eigenvalue weighted by Crippen LogP contribution is -2.47. The smallest absolute Gasteiger partial charge is 0.125 e. The van der Waals surface area contributed by atoms with Crippen molar-refractivity contribution >= 4 is 0 Å². The maximum atomic E-state index is 10.5. The van der Waals surface area contributed by atoms with Crippen LogP contribution >= 0.6 is 0 Å². The first-order valence-corrected chi connectivity index (χ1v) is 6.76. The lowest BCUT2D eigenvalue weighted by molar-refractivity contribution is -0.00162. The minimum absolute atomic E-state index is 0.0430. The summed E-state index contributed by atoms with van der Waals surface area (Å²) < 4.78 is 5.75. The zero-order valence-corrected chi connectivity index (χ0v) is 11.5. The van der Waals surface area contributed by atoms with Gasteiger partial charge in [0.1, 0.15) is 18.5 Å². The standard InChI is InChI=1S/C15H23NO2/c1-4-7-11(2)16(3)13-10-18-14-9-6-5-8-12(14)15(13)17/h5-6,8-9,11,13,15,17H,4,7,10H2,1-3H3. The van der Waals surface area contributed by atoms with Crippen LogP contribution in [0.2, 0.25) is 0 Å². The van der Waals surface area contributed by atoms with E-state index in [4.69, 9.17) is 4.74 Å². The molecule has 1 N–H and O–H groups in total. The quantitative estimate of drug-likeness (QED) is 0.890. The van der Waals surface area contributed by atoms with Crippen molar-refractivity contribution in [3.05, 3.63) is 29.8 Å². The topological polar surface area (TPSA) is 32.7 Å². The van der Waals surface area contributed by atoms with Crippen LogP contribution in [0.15, 0.2) is 24.3 Å². The van der Waals surface area contributed by atoms with Gasteiger partial charge in [-0.1, -0.05) is 31.5 Å². The van der Waals surface area contributed by atoms with Crippen molar-refractivity contribution in [3.8, 4) is 5.75 Å². The van der Waals surface area contributed by atoms with Crippen LogP contribution in [-0.2, 0) is 0 Å². The van der Waals surface area contributed by atoms with Crippen LogP contribution in [0.5, 0.6) is 5.75 Å². The Hall–Kier alpha value is -1.06. The molecule has 3 unspecified atom stereocenters. The Bertz CT molecular complexity index is 394. The monoisotopic (exact) mass is 249 g/mol. The molecule has 1 aromatic carbocycles. The fourth-order valence-corrected chi connectivity index (χ4v) is 2.62. The normalized spacial score (nSPS) is 24.5. The summed E-state index contributed by atoms with van der Waals surface area (Å²) in [4.78, 5) is 2.24. The van der Waals surface area contributed by atoms with Gasteiger partial charge in [0, 0.05) is 11.6 Å². The molecule has 0 bridgehead atoms. The average Bonchev–Trinajstić information content (AvgIpc) is 2.39. The lowest BCUT2D eigenvalue weighted by atomic mass is 9.97. The molecule has 2 rings (SSSR count). The number of benzene rings is 1. The predicted octanol–water partition coefficient (Wildman–Crippen LogP) is 2.60. The van der Waals surface area contributed by atoms with E-state index < -0.39 is 6.10 Å². The van der Waals surface area contributed by atoms with E-state index in [-0.39, 0.29) is 6.04 Å². The lowest BCUT2D eigenvalue weighted by Gasteiger charge is -2.39. The summed E-state index contributed by atoms with van der Waals surface area (Å²) in [5.41, 5.74) is 0.907. The van der Waals surface area contributed by atoms with E-state index in [0.29, 0.717) is 12.6 Å². The molecule has 0 spiro atoms. The van der Waals surface area contributed by atoms with Crippen molar-refractivity contribution in [3.63, 3.8) is 0 Å². The molecule has 1 heterocycles. The maximum Gasteiger partial charge on any atom is 0.125 e. The number of rotatable bonds is 4. The van der Waals surface area contributed by atoms with Gasteiger partial charge in [-0.05, 0) is 26.5 Å². The van der Waals surface area contributed by atoms with E-state index in [1.807, 2.05) is 24.3 Å². The van der Waals surface area contributed by atoms with Crippen molar-refractivity contribution in [1.29, 1.82) is 0 Å². The Morgan fingerprint density at radius 3 is 2.89 bits per heavy atom. The molecule has 0 fully saturated rings. The van der Waals surface area contributed by atoms with Gasteiger partial charge in [0.15, 0.2) is 0 Å². The van der Waals surface area contributed by atoms with E-state index in [0.717, 1.165) is 24.2 Å². The number of ether oxygens (including phenoxy) is 1. The Labute approximate surface area is 109 Å². The Kier molecular flexibility index (Phi) is 4.25. The van der Waals surface area contributed by atoms with Crippen LogP contribution in [0.1, 0.15) is 38.4 Å². The fraction of sp³-hybridized carbons (Fsp3) is 0.600. The van der Waals surface area contributed by atoms with Crippen LogP contribution in [0.4, 0.5) is 0 Å². The zero-order chi connectivity index (χ0) is 13.1. The van der Waals surface area contributed by atoms with E-state index in [2.05, 4.69) is 25.8 Å². The molecular weight excluding hydrogens is 226 g/mol. The molecule has 0 saturated heterocycles. The van der Waals surface area contributed by atoms with Crippen LogP contribution < -0.4 is 4.74 Å². The maximum absolute atomic E-state index is 10.5. The highest BCUT2D eigenvalue weighted by Gasteiger charge is 2.33. The van der Waals surface area contributed by atoms with Crippen LogP contribution in [0.25, 0.3) is 0 Å². The molecule has 0 aliphatic carbocycles. The number of aliphatic hydroxyl groups is 1. The largest absolute Gasteiger partial charge is 0.491 e. The Morgan fingerprint density at radius 1 is 1.44 bits per heavy atom. The van der Waals surface area contributed by atoms with Crippen molar-refractivity contribution in [2.45, 2.75) is 44.9 Å². The number of para-hydroxylation sites is 1. The Morgan fingerprint density at radius 2 is 2.17 bits per heavy atom. The molecule has 0 amide bonds. The first kappa shape index (κ1) is 13.4. The minimum atomic E-state index is -0.459. The number of likely N-dealkylation sites (N-methyl/N-ethyl adjacent to an activating group) is 1. The molecule has 0 radical (unpaired) electrons. The summed E-state index contributed by atoms with van der Waals surface area (Å²) in [5.74, 6) is 0.817. The number of nitrogens with zero attached hydrogens (tertiary/aromatic N) is 1. The second kappa shape index (κ2) is 5.72. The highest BCUT2D eigenvalue weighted by Crippen LogP contribution is 2.34. The summed E-state index contributed by atoms with van der Waals surface area (Å²) in [6.45, 7) is 4.95. The highest BCUT2D eigenvalue weighted by atomic mass is 16.5. The molecule has 1 aromatic rings. The molecule has 100 valence electrons. The van der Waals surface area contributed by atoms with Crippen molar-refractivity contribution in [2.75, 3.05) is 13.7 Å². The minimum Gasteiger partial charge on any atom is -0.491 e. The van der Waals surface area contributed by atoms with Gasteiger partial charge < -0.3 is 9.84 Å². The molecule has 1 aliphatic heterocycles. The molecule has 0 saturated carbocycles. The first-order chi connectivity index (χ1) is 8.65. The summed E-state index contributed by atoms with van der Waals surface area (Å²) in [7, 11) is 2.07. The van der Waals surface area contributed by atoms with Gasteiger partial charge in [-0.3, -0.25) is 4.90 Å². The Balaban J connectivity index is 2.13. The summed E-state index contributed by atoms with van der Waals surface area (Å²) >= 11 is 0. The van der Waals surface area contributed by atoms with E-state index in [1.54, 1.807) is 0 Å². The molecule has 3 nitrogen and oxygen atoms in total. The summed E-state index contributed by atoms with van der Waals surface area (Å²) in [6, 6.07) is 8.26. The second-order valence-corrected chi connectivity index (χ2v) is 5.16. The summed E-state index contributed by atoms with van der Waals surface area (Å²) in [6.07, 6.45) is 1.84. The van der Waals surface area contributed by atoms with Gasteiger partial charge in [-0.2, -0.15) is 0 Å². The van der Waals surface area contributed by atoms with E-state index in [1.165, 1.54) is 0 Å². The van der Waals surface area contributed by atoms with Gasteiger partial charge in [0.2, 0.25) is 0 Å². The zero-order valence-electron chi connectivity index (χ0n) is 11.5. The highest BCUT2D eigenvalue weighted by molar-refractivity contribution is 5.37. The third kappa shape index (κ3) is 2.52. The van der Waals surface area contributed by atoms with E-state index in [9.17, 15) is 5.11 Å². The third-order valence-corrected chi connectivity index (χ3v) is 3.94. The molecule has 1 aliphatic rings. The van der Waals surface area contributed by atoms with E-state index >= 15 is 0 Å². The van der Waals surface area contributed by atoms with Crippen molar-refractivity contribution in [1.82, 2.24) is 4.90 Å². The van der Waals surface area contributed by atoms with Gasteiger partial charge in [-0.15, -0.1) is 0 Å². The average molecular weight is 249 g/mol. The summed E-state index contributed by atoms with van der Waals surface area (Å²) in [5, 5.41) is 10.5. The number of fused-ring (bicyclic) bond motifs is 1. The second-order valence-electron chi connectivity index (χ2n) is 5.16. The SMILES string of the molecule is CCCC(C)N(C)C1COc2ccccc2C1O. The van der Waals surface area contributed by atoms with Crippen LogP contribution in [-0.4, -0.2) is 35.7 Å². The fourth-order valence-electron chi connectivity index (χ4n) is 2.62. The van der Waals surface area contributed by atoms with Crippen molar-refractivity contribution in [2.24, 2.45) is 0 Å². The van der Waals surface area contributed by atoms with Crippen molar-refractivity contribution < 1.29 is 9.84 Å². The van der Waals surface area contributed by atoms with Crippen LogP contribution in [0, 0.1) is 0 Å². The van der Waals surface area contributed by atoms with Gasteiger partial charge in [0.05, 0.1) is 6.04 Å². The molecular formula is C15H23NO2. The number of aliphatic hydroxyl groups excluding tert-OH is 1. The van der Waals surface area contributed by atoms with Gasteiger partial charge in [0.25, 0.3) is 0 Å². The van der Waals surface area contributed by atoms with Crippen LogP contribution in [0.3, 0.4) is 0 Å². The first-order valence-electron chi connectivity index (χ1n) is 6.76. The van der Waals surface area contributed by atoms with Gasteiger partial charge in [-0.25, -0.2) is 0 Å². The molecule has 3 heteroatoms. The molecule has 0 aromatic heterocycles. The third-order valence-electron chi connectivity index (χ3n) is 3.94. The number of hydrogen-bond acceptors (Lipinski definition) is 3. The number of hydrogen-bond donors (Lipinski definition) is 1. The molecule has 18 heavy (non-hydrogen) atoms. The predicted molar refractivity (Wildman–Crippen MR) is 72.8 cm³/mol. The molecule has 3 atom stereocenters.